The first-order valence-corrected chi connectivity index (χ1v) is 7.71. The van der Waals surface area contributed by atoms with E-state index in [-0.39, 0.29) is 40.1 Å². The molecule has 0 saturated heterocycles. The van der Waals surface area contributed by atoms with Gasteiger partial charge in [-0.25, -0.2) is 23.5 Å². The van der Waals surface area contributed by atoms with Crippen molar-refractivity contribution in [3.8, 4) is 0 Å². The Hall–Kier alpha value is -1.85. The second-order valence-corrected chi connectivity index (χ2v) is 7.79. The number of ketones is 1. The molecule has 0 radical (unpaired) electrons. The molecule has 3 heterocycles. The maximum Gasteiger partial charge on any atom is 0.347 e. The van der Waals surface area contributed by atoms with Gasteiger partial charge in [0.2, 0.25) is 0 Å². The van der Waals surface area contributed by atoms with Gasteiger partial charge in [0.15, 0.2) is 5.78 Å². The van der Waals surface area contributed by atoms with Gasteiger partial charge in [0.25, 0.3) is 0 Å². The summed E-state index contributed by atoms with van der Waals surface area (Å²) in [6.45, 7) is 0. The summed E-state index contributed by atoms with van der Waals surface area (Å²) in [4.78, 5) is 37.8. The van der Waals surface area contributed by atoms with Crippen LogP contribution in [0.2, 0.25) is 0 Å². The molecule has 0 aromatic carbocycles. The molecule has 0 unspecified atom stereocenters. The lowest BCUT2D eigenvalue weighted by Crippen LogP contribution is -2.55. The molecule has 5 aliphatic carbocycles. The van der Waals surface area contributed by atoms with E-state index in [1.54, 1.807) is 22.5 Å². The van der Waals surface area contributed by atoms with Gasteiger partial charge >= 0.3 is 11.4 Å². The molecule has 1 aromatic heterocycles. The predicted octanol–water partition coefficient (Wildman–Crippen LogP) is -0.535. The SMILES string of the molecule is Cn1c(=O)n2n(c1=O)[C@H]1[C@@H]3[C@@H]4[C@@H]3[C@@H]3[C@]5(CC=CC(=O)[C@@]135)[C@H]42. The molecule has 7 aliphatic rings. The van der Waals surface area contributed by atoms with Crippen LogP contribution in [0, 0.1) is 34.5 Å². The molecule has 1 aromatic rings. The van der Waals surface area contributed by atoms with Gasteiger partial charge < -0.3 is 0 Å². The molecule has 8 atom stereocenters. The number of rotatable bonds is 0. The van der Waals surface area contributed by atoms with Crippen molar-refractivity contribution in [2.24, 2.45) is 41.5 Å². The maximum absolute atomic E-state index is 12.7. The molecule has 2 aliphatic heterocycles. The van der Waals surface area contributed by atoms with Crippen LogP contribution in [0.15, 0.2) is 21.7 Å². The largest absolute Gasteiger partial charge is 0.347 e. The number of carbonyl (C=O) groups excluding carboxylic acids is 1. The number of carbonyl (C=O) groups is 1. The van der Waals surface area contributed by atoms with Gasteiger partial charge in [0.05, 0.1) is 17.5 Å². The molecule has 8 rings (SSSR count). The Bertz CT molecular complexity index is 964. The van der Waals surface area contributed by atoms with Crippen molar-refractivity contribution in [1.29, 1.82) is 0 Å². The van der Waals surface area contributed by atoms with Crippen LogP contribution in [0.4, 0.5) is 0 Å². The van der Waals surface area contributed by atoms with E-state index in [2.05, 4.69) is 0 Å². The third-order valence-corrected chi connectivity index (χ3v) is 7.89. The van der Waals surface area contributed by atoms with Crippen LogP contribution in [0.5, 0.6) is 0 Å². The van der Waals surface area contributed by atoms with Gasteiger partial charge in [-0.05, 0) is 36.2 Å². The van der Waals surface area contributed by atoms with E-state index < -0.39 is 0 Å². The fourth-order valence-corrected chi connectivity index (χ4v) is 7.73. The minimum absolute atomic E-state index is 0.0365. The van der Waals surface area contributed by atoms with E-state index in [1.165, 1.54) is 4.57 Å². The van der Waals surface area contributed by atoms with E-state index in [0.717, 1.165) is 6.42 Å². The number of nitrogens with zero attached hydrogens (tertiary/aromatic N) is 3. The van der Waals surface area contributed by atoms with Crippen molar-refractivity contribution in [2.45, 2.75) is 18.5 Å². The van der Waals surface area contributed by atoms with Crippen molar-refractivity contribution in [3.05, 3.63) is 33.1 Å². The fourth-order valence-electron chi connectivity index (χ4n) is 7.73. The van der Waals surface area contributed by atoms with Crippen LogP contribution in [0.3, 0.4) is 0 Å². The Kier molecular flexibility index (Phi) is 1.05. The summed E-state index contributed by atoms with van der Waals surface area (Å²) in [5, 5.41) is 0. The van der Waals surface area contributed by atoms with Gasteiger partial charge in [-0.2, -0.15) is 0 Å². The first-order chi connectivity index (χ1) is 10.1. The Labute approximate surface area is 118 Å². The lowest BCUT2D eigenvalue weighted by molar-refractivity contribution is -0.129. The topological polar surface area (TPSA) is 66.0 Å². The molecule has 6 nitrogen and oxygen atoms in total. The van der Waals surface area contributed by atoms with Crippen molar-refractivity contribution in [2.75, 3.05) is 0 Å². The summed E-state index contributed by atoms with van der Waals surface area (Å²) in [7, 11) is 1.55. The Balaban J connectivity index is 1.70. The monoisotopic (exact) mass is 283 g/mol. The van der Waals surface area contributed by atoms with E-state index in [1.807, 2.05) is 6.08 Å². The minimum atomic E-state index is -0.339. The molecule has 106 valence electrons. The quantitative estimate of drug-likeness (QED) is 0.642. The molecular weight excluding hydrogens is 270 g/mol. The van der Waals surface area contributed by atoms with Crippen LogP contribution >= 0.6 is 0 Å². The molecule has 4 saturated carbocycles. The molecule has 21 heavy (non-hydrogen) atoms. The highest BCUT2D eigenvalue weighted by molar-refractivity contribution is 6.02. The van der Waals surface area contributed by atoms with Crippen LogP contribution in [0.1, 0.15) is 18.5 Å². The van der Waals surface area contributed by atoms with Crippen molar-refractivity contribution < 1.29 is 4.79 Å². The van der Waals surface area contributed by atoms with Crippen LogP contribution in [0.25, 0.3) is 0 Å². The lowest BCUT2D eigenvalue weighted by Gasteiger charge is -2.48. The third kappa shape index (κ3) is 0.557. The van der Waals surface area contributed by atoms with Gasteiger partial charge in [-0.15, -0.1) is 0 Å². The predicted molar refractivity (Wildman–Crippen MR) is 69.6 cm³/mol. The summed E-state index contributed by atoms with van der Waals surface area (Å²) in [6, 6.07) is 0.0270. The molecule has 6 heteroatoms. The highest BCUT2D eigenvalue weighted by Gasteiger charge is 3.04. The fraction of sp³-hybridized carbons (Fsp3) is 0.667. The van der Waals surface area contributed by atoms with E-state index in [9.17, 15) is 14.4 Å². The normalized spacial score (nSPS) is 58.2. The zero-order valence-electron chi connectivity index (χ0n) is 11.4. The summed E-state index contributed by atoms with van der Waals surface area (Å²) in [6.07, 6.45) is 4.63. The number of aromatic nitrogens is 3. The van der Waals surface area contributed by atoms with Crippen LogP contribution in [-0.2, 0) is 11.8 Å². The van der Waals surface area contributed by atoms with Gasteiger partial charge in [0, 0.05) is 12.5 Å². The van der Waals surface area contributed by atoms with Crippen LogP contribution in [-0.4, -0.2) is 19.7 Å². The number of hydrogen-bond donors (Lipinski definition) is 0. The van der Waals surface area contributed by atoms with Crippen molar-refractivity contribution in [3.63, 3.8) is 0 Å². The average molecular weight is 283 g/mol. The zero-order valence-corrected chi connectivity index (χ0v) is 11.4. The first kappa shape index (κ1) is 9.97. The molecule has 4 fully saturated rings. The van der Waals surface area contributed by atoms with Crippen molar-refractivity contribution >= 4 is 5.78 Å². The molecule has 2 spiro atoms. The second-order valence-electron chi connectivity index (χ2n) is 7.79. The molecular formula is C15H13N3O3. The lowest BCUT2D eigenvalue weighted by atomic mass is 9.66. The van der Waals surface area contributed by atoms with Gasteiger partial charge in [0.1, 0.15) is 0 Å². The smallest absolute Gasteiger partial charge is 0.294 e. The van der Waals surface area contributed by atoms with E-state index in [0.29, 0.717) is 23.7 Å². The summed E-state index contributed by atoms with van der Waals surface area (Å²) >= 11 is 0. The van der Waals surface area contributed by atoms with Crippen LogP contribution < -0.4 is 11.4 Å². The molecule has 0 amide bonds. The minimum Gasteiger partial charge on any atom is -0.294 e. The van der Waals surface area contributed by atoms with E-state index >= 15 is 0 Å². The van der Waals surface area contributed by atoms with Gasteiger partial charge in [-0.1, -0.05) is 6.08 Å². The summed E-state index contributed by atoms with van der Waals surface area (Å²) in [5.74, 6) is 2.24. The zero-order chi connectivity index (χ0) is 14.0. The second kappa shape index (κ2) is 2.21. The summed E-state index contributed by atoms with van der Waals surface area (Å²) < 4.78 is 4.60. The Morgan fingerprint density at radius 1 is 1.05 bits per heavy atom. The highest BCUT2D eigenvalue weighted by Crippen LogP contribution is 3.03. The van der Waals surface area contributed by atoms with E-state index in [4.69, 9.17) is 0 Å². The highest BCUT2D eigenvalue weighted by atomic mass is 16.2. The number of allylic oxidation sites excluding steroid dienone is 2. The first-order valence-electron chi connectivity index (χ1n) is 7.71. The Morgan fingerprint density at radius 3 is 2.48 bits per heavy atom. The maximum atomic E-state index is 12.7. The summed E-state index contributed by atoms with van der Waals surface area (Å²) in [5.41, 5.74) is -0.812. The standard InChI is InChI=1S/C15H13N3O3/c1-16-12(20)17-10-7-6-8(7)11(18(17)13(16)21)15-5(19)3-2-4-14(10,15)9(6)15/h2-3,6-11H,4H2,1H3/t6-,7-,8-,9+,10-,11-,14+,15-/m0/s1. The molecule has 0 N–H and O–H groups in total. The van der Waals surface area contributed by atoms with Gasteiger partial charge in [-0.3, -0.25) is 4.79 Å². The number of hydrogen-bond acceptors (Lipinski definition) is 3. The Morgan fingerprint density at radius 2 is 1.71 bits per heavy atom. The molecule has 2 bridgehead atoms. The average Bonchev–Trinajstić information content (AvgIpc) is 3.25. The third-order valence-electron chi connectivity index (χ3n) is 7.89. The van der Waals surface area contributed by atoms with Crippen molar-refractivity contribution in [1.82, 2.24) is 13.9 Å².